The van der Waals surface area contributed by atoms with Crippen molar-refractivity contribution in [1.82, 2.24) is 0 Å². The zero-order chi connectivity index (χ0) is 24.0. The van der Waals surface area contributed by atoms with Crippen LogP contribution in [0.25, 0.3) is 6.08 Å². The predicted octanol–water partition coefficient (Wildman–Crippen LogP) is 7.09. The topological polar surface area (TPSA) is 71.3 Å². The summed E-state index contributed by atoms with van der Waals surface area (Å²) in [7, 11) is 1.48. The lowest BCUT2D eigenvalue weighted by Crippen LogP contribution is -2.14. The molecule has 0 aliphatic heterocycles. The van der Waals surface area contributed by atoms with Crippen molar-refractivity contribution >= 4 is 52.5 Å². The van der Waals surface area contributed by atoms with Crippen LogP contribution in [0, 0.1) is 18.3 Å². The van der Waals surface area contributed by atoms with Gasteiger partial charge in [0.1, 0.15) is 18.2 Å². The maximum Gasteiger partial charge on any atom is 0.266 e. The van der Waals surface area contributed by atoms with Crippen LogP contribution in [0.5, 0.6) is 11.5 Å². The molecule has 8 heteroatoms. The predicted molar refractivity (Wildman–Crippen MR) is 132 cm³/mol. The van der Waals surface area contributed by atoms with E-state index >= 15 is 0 Å². The highest BCUT2D eigenvalue weighted by Crippen LogP contribution is 2.38. The summed E-state index contributed by atoms with van der Waals surface area (Å²) in [5.74, 6) is 0.0713. The number of para-hydroxylation sites is 1. The molecule has 5 nitrogen and oxygen atoms in total. The van der Waals surface area contributed by atoms with Crippen molar-refractivity contribution < 1.29 is 14.3 Å². The van der Waals surface area contributed by atoms with Gasteiger partial charge in [-0.05, 0) is 54.0 Å². The highest BCUT2D eigenvalue weighted by molar-refractivity contribution is 6.40. The average Bonchev–Trinajstić information content (AvgIpc) is 2.79. The Morgan fingerprint density at radius 1 is 1.06 bits per heavy atom. The van der Waals surface area contributed by atoms with E-state index in [2.05, 4.69) is 5.32 Å². The van der Waals surface area contributed by atoms with Gasteiger partial charge in [0.25, 0.3) is 5.91 Å². The van der Waals surface area contributed by atoms with Gasteiger partial charge in [0.15, 0.2) is 11.5 Å². The van der Waals surface area contributed by atoms with Crippen LogP contribution in [0.15, 0.2) is 60.2 Å². The number of aryl methyl sites for hydroxylation is 1. The van der Waals surface area contributed by atoms with Crippen LogP contribution in [-0.2, 0) is 11.4 Å². The van der Waals surface area contributed by atoms with Gasteiger partial charge in [0.2, 0.25) is 0 Å². The van der Waals surface area contributed by atoms with Crippen molar-refractivity contribution in [2.75, 3.05) is 12.4 Å². The Morgan fingerprint density at radius 2 is 1.76 bits per heavy atom. The molecule has 33 heavy (non-hydrogen) atoms. The molecule has 0 aromatic heterocycles. The second kappa shape index (κ2) is 11.1. The number of rotatable bonds is 7. The molecular weight excluding hydrogens is 483 g/mol. The Hall–Kier alpha value is -3.17. The molecule has 1 N–H and O–H groups in total. The first-order valence-corrected chi connectivity index (χ1v) is 10.9. The van der Waals surface area contributed by atoms with Crippen molar-refractivity contribution in [3.8, 4) is 17.6 Å². The Morgan fingerprint density at radius 3 is 2.39 bits per heavy atom. The SMILES string of the molecule is COc1cc(/C=C(\C#N)C(=O)Nc2c(Cl)cccc2Cl)cc(Cl)c1OCc1ccccc1C. The first kappa shape index (κ1) is 24.5. The summed E-state index contributed by atoms with van der Waals surface area (Å²) in [5.41, 5.74) is 2.65. The average molecular weight is 502 g/mol. The minimum absolute atomic E-state index is 0.169. The third-order valence-electron chi connectivity index (χ3n) is 4.76. The maximum atomic E-state index is 12.6. The van der Waals surface area contributed by atoms with E-state index in [1.54, 1.807) is 30.3 Å². The van der Waals surface area contributed by atoms with Gasteiger partial charge in [0, 0.05) is 0 Å². The zero-order valence-electron chi connectivity index (χ0n) is 17.8. The van der Waals surface area contributed by atoms with Gasteiger partial charge in [0.05, 0.1) is 27.9 Å². The molecule has 168 valence electrons. The molecule has 3 aromatic carbocycles. The molecule has 0 bridgehead atoms. The monoisotopic (exact) mass is 500 g/mol. The molecule has 0 unspecified atom stereocenters. The minimum atomic E-state index is -0.664. The number of halogens is 3. The summed E-state index contributed by atoms with van der Waals surface area (Å²) in [6, 6.07) is 17.8. The van der Waals surface area contributed by atoms with E-state index in [9.17, 15) is 10.1 Å². The van der Waals surface area contributed by atoms with Gasteiger partial charge in [-0.1, -0.05) is 65.1 Å². The van der Waals surface area contributed by atoms with Crippen molar-refractivity contribution in [1.29, 1.82) is 5.26 Å². The van der Waals surface area contributed by atoms with Crippen LogP contribution < -0.4 is 14.8 Å². The number of nitriles is 1. The van der Waals surface area contributed by atoms with Gasteiger partial charge in [-0.15, -0.1) is 0 Å². The smallest absolute Gasteiger partial charge is 0.266 e. The number of nitrogens with one attached hydrogen (secondary N) is 1. The molecule has 0 spiro atoms. The third kappa shape index (κ3) is 6.00. The second-order valence-electron chi connectivity index (χ2n) is 6.97. The number of hydrogen-bond acceptors (Lipinski definition) is 4. The largest absolute Gasteiger partial charge is 0.493 e. The normalized spacial score (nSPS) is 11.0. The molecule has 0 radical (unpaired) electrons. The summed E-state index contributed by atoms with van der Waals surface area (Å²) in [6.45, 7) is 2.30. The standard InChI is InChI=1S/C25H19Cl3N2O3/c1-15-6-3-4-7-17(15)14-33-24-21(28)11-16(12-22(24)32-2)10-18(13-29)25(31)30-23-19(26)8-5-9-20(23)27/h3-12H,14H2,1-2H3,(H,30,31)/b18-10+. The Bertz CT molecular complexity index is 1250. The molecule has 0 aliphatic carbocycles. The Kier molecular flexibility index (Phi) is 8.24. The van der Waals surface area contributed by atoms with Crippen molar-refractivity contribution in [3.63, 3.8) is 0 Å². The Balaban J connectivity index is 1.86. The first-order valence-electron chi connectivity index (χ1n) is 9.76. The van der Waals surface area contributed by atoms with Gasteiger partial charge in [-0.2, -0.15) is 5.26 Å². The number of anilines is 1. The quantitative estimate of drug-likeness (QED) is 0.277. The first-order chi connectivity index (χ1) is 15.8. The fourth-order valence-electron chi connectivity index (χ4n) is 3.00. The summed E-state index contributed by atoms with van der Waals surface area (Å²) >= 11 is 18.6. The lowest BCUT2D eigenvalue weighted by Gasteiger charge is -2.14. The van der Waals surface area contributed by atoms with E-state index in [1.165, 1.54) is 13.2 Å². The van der Waals surface area contributed by atoms with Gasteiger partial charge < -0.3 is 14.8 Å². The van der Waals surface area contributed by atoms with Crippen molar-refractivity contribution in [2.24, 2.45) is 0 Å². The number of nitrogens with zero attached hydrogens (tertiary/aromatic N) is 1. The highest BCUT2D eigenvalue weighted by atomic mass is 35.5. The van der Waals surface area contributed by atoms with Crippen LogP contribution in [0.1, 0.15) is 16.7 Å². The fraction of sp³-hybridized carbons (Fsp3) is 0.120. The summed E-state index contributed by atoms with van der Waals surface area (Å²) in [6.07, 6.45) is 1.39. The van der Waals surface area contributed by atoms with Crippen LogP contribution >= 0.6 is 34.8 Å². The highest BCUT2D eigenvalue weighted by Gasteiger charge is 2.16. The molecule has 0 atom stereocenters. The lowest BCUT2D eigenvalue weighted by atomic mass is 10.1. The van der Waals surface area contributed by atoms with Gasteiger partial charge in [-0.25, -0.2) is 0 Å². The van der Waals surface area contributed by atoms with E-state index in [0.29, 0.717) is 23.7 Å². The zero-order valence-corrected chi connectivity index (χ0v) is 20.1. The van der Waals surface area contributed by atoms with Crippen molar-refractivity contribution in [3.05, 3.63) is 91.9 Å². The van der Waals surface area contributed by atoms with Crippen LogP contribution in [0.3, 0.4) is 0 Å². The van der Waals surface area contributed by atoms with Gasteiger partial charge >= 0.3 is 0 Å². The Labute approximate surface area is 207 Å². The number of carbonyl (C=O) groups is 1. The summed E-state index contributed by atoms with van der Waals surface area (Å²) in [5, 5.41) is 12.9. The minimum Gasteiger partial charge on any atom is -0.493 e. The molecular formula is C25H19Cl3N2O3. The molecule has 3 rings (SSSR count). The number of carbonyl (C=O) groups excluding carboxylic acids is 1. The van der Waals surface area contributed by atoms with E-state index < -0.39 is 5.91 Å². The maximum absolute atomic E-state index is 12.6. The van der Waals surface area contributed by atoms with Crippen LogP contribution in [-0.4, -0.2) is 13.0 Å². The fourth-order valence-corrected chi connectivity index (χ4v) is 3.76. The summed E-state index contributed by atoms with van der Waals surface area (Å²) < 4.78 is 11.3. The summed E-state index contributed by atoms with van der Waals surface area (Å²) in [4.78, 5) is 12.6. The molecule has 0 aliphatic rings. The molecule has 3 aromatic rings. The number of hydrogen-bond donors (Lipinski definition) is 1. The van der Waals surface area contributed by atoms with E-state index in [4.69, 9.17) is 44.3 Å². The lowest BCUT2D eigenvalue weighted by molar-refractivity contribution is -0.112. The van der Waals surface area contributed by atoms with Crippen LogP contribution in [0.4, 0.5) is 5.69 Å². The molecule has 0 saturated carbocycles. The number of benzene rings is 3. The van der Waals surface area contributed by atoms with Crippen LogP contribution in [0.2, 0.25) is 15.1 Å². The molecule has 0 saturated heterocycles. The number of amides is 1. The van der Waals surface area contributed by atoms with E-state index in [-0.39, 0.29) is 26.3 Å². The second-order valence-corrected chi connectivity index (χ2v) is 8.19. The van der Waals surface area contributed by atoms with E-state index in [0.717, 1.165) is 11.1 Å². The molecule has 0 heterocycles. The van der Waals surface area contributed by atoms with Crippen molar-refractivity contribution in [2.45, 2.75) is 13.5 Å². The molecule has 0 fully saturated rings. The number of ether oxygens (including phenoxy) is 2. The molecule has 1 amide bonds. The third-order valence-corrected chi connectivity index (χ3v) is 5.67. The van der Waals surface area contributed by atoms with Gasteiger partial charge in [-0.3, -0.25) is 4.79 Å². The van der Waals surface area contributed by atoms with E-state index in [1.807, 2.05) is 37.3 Å². The number of methoxy groups -OCH3 is 1.